The molecule has 4 aliphatic heterocycles. The highest BCUT2D eigenvalue weighted by Gasteiger charge is 2.46. The molecule has 6 bridgehead atoms. The van der Waals surface area contributed by atoms with E-state index in [1.165, 1.54) is 31.9 Å². The minimum Gasteiger partial charge on any atom is -0.481 e. The van der Waals surface area contributed by atoms with Gasteiger partial charge >= 0.3 is 5.97 Å². The van der Waals surface area contributed by atoms with Gasteiger partial charge < -0.3 is 89.5 Å². The van der Waals surface area contributed by atoms with Crippen molar-refractivity contribution in [3.8, 4) is 0 Å². The number of carboxylic acid groups (broad SMARTS) is 1. The van der Waals surface area contributed by atoms with Crippen LogP contribution < -0.4 is 64.6 Å². The number of thioether (sulfide) groups is 2. The lowest BCUT2D eigenvalue weighted by atomic mass is 9.85. The third-order valence-electron chi connectivity index (χ3n) is 21.2. The van der Waals surface area contributed by atoms with Crippen LogP contribution in [0, 0.1) is 23.7 Å². The van der Waals surface area contributed by atoms with Gasteiger partial charge in [-0.15, -0.1) is 0 Å². The molecule has 636 valence electrons. The van der Waals surface area contributed by atoms with Crippen molar-refractivity contribution in [2.24, 2.45) is 35.1 Å². The third kappa shape index (κ3) is 24.1. The van der Waals surface area contributed by atoms with E-state index in [9.17, 15) is 84.9 Å². The van der Waals surface area contributed by atoms with Crippen molar-refractivity contribution in [3.63, 3.8) is 0 Å². The van der Waals surface area contributed by atoms with Crippen LogP contribution in [0.3, 0.4) is 0 Å². The van der Waals surface area contributed by atoms with E-state index in [1.54, 1.807) is 68.6 Å². The average Bonchev–Trinajstić information content (AvgIpc) is 1.65. The number of aromatic nitrogens is 2. The van der Waals surface area contributed by atoms with Gasteiger partial charge in [-0.3, -0.25) is 72.4 Å². The van der Waals surface area contributed by atoms with Crippen LogP contribution in [0.5, 0.6) is 0 Å². The van der Waals surface area contributed by atoms with Gasteiger partial charge in [-0.2, -0.15) is 32.1 Å². The number of carbonyl (C=O) groups is 14. The highest BCUT2D eigenvalue weighted by Crippen LogP contribution is 2.28. The first-order chi connectivity index (χ1) is 54.8. The number of fused-ring (bicyclic) bond motifs is 10. The number of amides is 11. The van der Waals surface area contributed by atoms with Crippen molar-refractivity contribution in [1.82, 2.24) is 76.6 Å². The maximum absolute atomic E-state index is 15.6. The molecule has 38 nitrogen and oxygen atoms in total. The number of benzene rings is 2. The van der Waals surface area contributed by atoms with Crippen molar-refractivity contribution in [3.05, 3.63) is 72.1 Å². The summed E-state index contributed by atoms with van der Waals surface area (Å²) in [6.45, 7) is 2.68. The molecule has 3 unspecified atom stereocenters. The molecule has 5 fully saturated rings. The van der Waals surface area contributed by atoms with Crippen LogP contribution in [0.4, 0.5) is 0 Å². The van der Waals surface area contributed by atoms with Gasteiger partial charge in [0.2, 0.25) is 85.0 Å². The molecule has 0 spiro atoms. The number of nitrogens with zero attached hydrogens (tertiary/aromatic N) is 3. The molecule has 116 heavy (non-hydrogen) atoms. The lowest BCUT2D eigenvalue weighted by molar-refractivity contribution is -0.143. The number of carbonyl (C=O) groups excluding carboxylic acids is 13. The summed E-state index contributed by atoms with van der Waals surface area (Å²) in [5.74, 6) is -20.8. The van der Waals surface area contributed by atoms with E-state index in [0.717, 1.165) is 32.1 Å². The smallest absolute Gasteiger partial charge is 0.305 e. The minimum absolute atomic E-state index is 0.0105. The van der Waals surface area contributed by atoms with E-state index in [4.69, 9.17) is 11.5 Å². The second kappa shape index (κ2) is 40.3. The Hall–Kier alpha value is -9.14. The molecule has 5 aliphatic rings. The summed E-state index contributed by atoms with van der Waals surface area (Å²) in [4.78, 5) is 208. The van der Waals surface area contributed by atoms with Gasteiger partial charge in [-0.25, -0.2) is 16.8 Å². The molecule has 4 saturated heterocycles. The van der Waals surface area contributed by atoms with Gasteiger partial charge in [0.05, 0.1) is 55.6 Å². The van der Waals surface area contributed by atoms with E-state index in [2.05, 4.69) is 63.1 Å². The number of sulfonamides is 2. The molecule has 1 aliphatic carbocycles. The zero-order chi connectivity index (χ0) is 84.7. The molecule has 0 radical (unpaired) electrons. The first-order valence-corrected chi connectivity index (χ1v) is 44.0. The average molecular weight is 1700 g/mol. The van der Waals surface area contributed by atoms with Crippen LogP contribution in [0.15, 0.2) is 60.9 Å². The van der Waals surface area contributed by atoms with Gasteiger partial charge in [-0.05, 0) is 74.1 Å². The Kier molecular flexibility index (Phi) is 31.6. The van der Waals surface area contributed by atoms with Gasteiger partial charge in [0.25, 0.3) is 0 Å². The van der Waals surface area contributed by atoms with Gasteiger partial charge in [0.1, 0.15) is 65.9 Å². The number of para-hydroxylation sites is 2. The van der Waals surface area contributed by atoms with E-state index in [-0.39, 0.29) is 68.1 Å². The SMILES string of the molecule is CC(C)[C@@H]1NC(=O)[C@H](Cc2c[nH]c3ccccc23)NC(=O)[C@@H]2CNC3(O)CN(CCN(C3)S(=O)(=O)CCSC[C@@H](C(N)=O)NC(=O)[C@@H]3CCCN3C(=O)[C@H](C(C)C)NC(=O)[C@H](Cc3c[nH]c4ccccc34)NC(=O)CNC(=O)[C@H](CC(=O)O)NC1=O)S(=O)(=O)CCSC[C@H](CC(=O)[C@H](C)N)C(=O)N[C@@H]1C(=O)C[C@@H](CCC[C@H]1O)C(=O)N2. The molecular weight excluding hydrogens is 1590 g/mol. The summed E-state index contributed by atoms with van der Waals surface area (Å²) in [5, 5.41) is 61.5. The molecule has 16 atom stereocenters. The number of hydrogen-bond acceptors (Lipinski definition) is 24. The lowest BCUT2D eigenvalue weighted by Gasteiger charge is -2.35. The number of nitrogens with one attached hydrogen (secondary N) is 12. The van der Waals surface area contributed by atoms with Gasteiger partial charge in [-0.1, -0.05) is 64.1 Å². The number of aliphatic carboxylic acids is 1. The lowest BCUT2D eigenvalue weighted by Crippen LogP contribution is -2.64. The van der Waals surface area contributed by atoms with Crippen LogP contribution in [-0.4, -0.2) is 291 Å². The van der Waals surface area contributed by atoms with Crippen LogP contribution in [0.1, 0.15) is 97.1 Å². The fourth-order valence-electron chi connectivity index (χ4n) is 14.6. The Balaban J connectivity index is 1.10. The number of primary amides is 1. The summed E-state index contributed by atoms with van der Waals surface area (Å²) in [6.07, 6.45) is -1.03. The minimum atomic E-state index is -4.64. The molecule has 42 heteroatoms. The van der Waals surface area contributed by atoms with Crippen LogP contribution in [0.25, 0.3) is 21.8 Å². The maximum Gasteiger partial charge on any atom is 0.305 e. The van der Waals surface area contributed by atoms with Crippen LogP contribution >= 0.6 is 23.5 Å². The van der Waals surface area contributed by atoms with Gasteiger partial charge in [0, 0.05) is 115 Å². The largest absolute Gasteiger partial charge is 0.481 e. The molecule has 11 amide bonds. The maximum atomic E-state index is 15.6. The second-order valence-electron chi connectivity index (χ2n) is 30.7. The summed E-state index contributed by atoms with van der Waals surface area (Å²) in [6, 6.07) is -1.80. The van der Waals surface area contributed by atoms with Crippen LogP contribution in [-0.2, 0) is 100 Å². The summed E-state index contributed by atoms with van der Waals surface area (Å²) >= 11 is 1.79. The summed E-state index contributed by atoms with van der Waals surface area (Å²) in [7, 11) is -9.23. The third-order valence-corrected chi connectivity index (χ3v) is 27.6. The number of Topliss-reactive ketones (excluding diaryl/α,β-unsaturated/α-hetero) is 2. The van der Waals surface area contributed by atoms with Crippen molar-refractivity contribution in [2.45, 2.75) is 171 Å². The van der Waals surface area contributed by atoms with E-state index in [0.29, 0.717) is 32.9 Å². The molecule has 4 aromatic rings. The zero-order valence-corrected chi connectivity index (χ0v) is 68.3. The fraction of sp³-hybridized carbons (Fsp3) is 0.595. The monoisotopic (exact) mass is 1700 g/mol. The normalized spacial score (nSPS) is 30.0. The Bertz CT molecular complexity index is 4560. The Morgan fingerprint density at radius 1 is 0.603 bits per heavy atom. The van der Waals surface area contributed by atoms with Crippen molar-refractivity contribution in [2.75, 3.05) is 80.3 Å². The molecule has 9 rings (SSSR count). The van der Waals surface area contributed by atoms with Crippen molar-refractivity contribution in [1.29, 1.82) is 0 Å². The molecule has 2 aromatic heterocycles. The summed E-state index contributed by atoms with van der Waals surface area (Å²) < 4.78 is 60.6. The number of aromatic amines is 2. The first-order valence-electron chi connectivity index (χ1n) is 38.5. The first kappa shape index (κ1) is 90.8. The second-order valence-corrected chi connectivity index (χ2v) is 37.2. The van der Waals surface area contributed by atoms with Crippen molar-refractivity contribution < 1.29 is 99.3 Å². The predicted octanol–water partition coefficient (Wildman–Crippen LogP) is -4.22. The van der Waals surface area contributed by atoms with E-state index in [1.807, 2.05) is 0 Å². The predicted molar refractivity (Wildman–Crippen MR) is 426 cm³/mol. The van der Waals surface area contributed by atoms with Crippen LogP contribution in [0.2, 0.25) is 0 Å². The number of ketones is 2. The number of hydrogen-bond donors (Lipinski definition) is 17. The highest BCUT2D eigenvalue weighted by atomic mass is 32.2. The highest BCUT2D eigenvalue weighted by molar-refractivity contribution is 8.00. The van der Waals surface area contributed by atoms with E-state index < -0.39 is 275 Å². The fourth-order valence-corrected chi connectivity index (χ4v) is 20.6. The zero-order valence-electron chi connectivity index (χ0n) is 65.0. The Labute approximate surface area is 678 Å². The summed E-state index contributed by atoms with van der Waals surface area (Å²) in [5.41, 5.74) is 11.2. The Morgan fingerprint density at radius 3 is 1.73 bits per heavy atom. The number of aliphatic hydroxyl groups excluding tert-OH is 1. The number of nitrogens with two attached hydrogens (primary N) is 2. The number of carboxylic acids is 1. The number of H-pyrrole nitrogens is 2. The molecular formula is C74H105N17O21S4. The molecule has 1 saturated carbocycles. The molecule has 19 N–H and O–H groups in total. The number of aliphatic hydroxyl groups is 2. The molecule has 6 heterocycles. The van der Waals surface area contributed by atoms with Gasteiger partial charge in [0.15, 0.2) is 5.78 Å². The number of rotatable bonds is 12. The standard InChI is InChI=1S/C74H105N17O21S4/c1-39(2)61-72(106)83-52(30-60(96)97)67(101)79-34-59(95)81-50(26-43-31-77-48-15-8-6-13-46(43)48)68(102)87-62(40(3)4)73(107)91-19-11-17-55(91)71(105)85-54(64(76)98)36-114-23-25-116(111,112)90-21-20-89-37-74(108,38-90)80-33-53(70(104)82-51(69(103)86-61)27-44-32-78-49-16-9-7-14-47(44)49)84-65(99)42-12-10-18-56(92)63(58(94)28-42)88-66(100)45(29-57(93)41(5)75)35-113-22-24-115(89,109)110/h6-9,13-16,31-32,39-42,45,50-56,61-63,77-78,80,92,108H,10-12,17-30,33-38,75H2,1-5H3,(H2,76,98)(H,79,101)(H,81,95)(H,82,104)(H,83,106)(H,84,99)(H,85,105)(H,86,103)(H,87,102)(H,88,100)(H,96,97)/t41-,42+,45-,50-,51-,52-,53-,54-,55-,56+,61-,62-,63-,74?/m0/s1. The quantitative estimate of drug-likeness (QED) is 0.0639. The van der Waals surface area contributed by atoms with Crippen molar-refractivity contribution >= 4 is 148 Å². The van der Waals surface area contributed by atoms with E-state index >= 15 is 14.4 Å². The Morgan fingerprint density at radius 2 is 1.16 bits per heavy atom. The topological polar surface area (TPSA) is 582 Å². The molecule has 2 aromatic carbocycles.